The fraction of sp³-hybridized carbons (Fsp3) is 0.882. The highest BCUT2D eigenvalue weighted by Crippen LogP contribution is 2.75. The van der Waals surface area contributed by atoms with Crippen molar-refractivity contribution in [1.29, 1.82) is 0 Å². The monoisotopic (exact) mass is 526 g/mol. The van der Waals surface area contributed by atoms with Crippen LogP contribution in [0.2, 0.25) is 0 Å². The SMILES string of the molecule is CC(=O)OC[C@@]12CC=C3[C@]4(C)CC[C@H]5C(C)(C)[C@@H](OC(C)=O)CC[C@]5(C)[C@@H]4CC[C@@]3(C)[C@@H]1CC(C)(C)CC2. The molecule has 0 unspecified atom stereocenters. The van der Waals surface area contributed by atoms with Crippen molar-refractivity contribution in [3.8, 4) is 0 Å². The minimum Gasteiger partial charge on any atom is -0.465 e. The van der Waals surface area contributed by atoms with Gasteiger partial charge in [0, 0.05) is 24.7 Å². The van der Waals surface area contributed by atoms with E-state index in [0.29, 0.717) is 29.8 Å². The van der Waals surface area contributed by atoms with Crippen LogP contribution < -0.4 is 0 Å². The summed E-state index contributed by atoms with van der Waals surface area (Å²) in [4.78, 5) is 23.9. The molecule has 214 valence electrons. The van der Waals surface area contributed by atoms with E-state index < -0.39 is 0 Å². The van der Waals surface area contributed by atoms with E-state index in [1.165, 1.54) is 38.5 Å². The average molecular weight is 527 g/mol. The lowest BCUT2D eigenvalue weighted by Crippen LogP contribution is -2.63. The maximum atomic E-state index is 11.9. The van der Waals surface area contributed by atoms with E-state index in [0.717, 1.165) is 25.7 Å². The van der Waals surface area contributed by atoms with E-state index in [1.54, 1.807) is 19.4 Å². The van der Waals surface area contributed by atoms with Gasteiger partial charge >= 0.3 is 11.9 Å². The van der Waals surface area contributed by atoms with E-state index >= 15 is 0 Å². The van der Waals surface area contributed by atoms with Crippen molar-refractivity contribution >= 4 is 11.9 Å². The number of rotatable bonds is 3. The van der Waals surface area contributed by atoms with Crippen LogP contribution in [-0.2, 0) is 19.1 Å². The van der Waals surface area contributed by atoms with Crippen LogP contribution in [-0.4, -0.2) is 24.6 Å². The second kappa shape index (κ2) is 8.84. The van der Waals surface area contributed by atoms with E-state index in [2.05, 4.69) is 54.5 Å². The topological polar surface area (TPSA) is 52.6 Å². The summed E-state index contributed by atoms with van der Waals surface area (Å²) in [5.74, 6) is 1.50. The molecule has 0 aromatic carbocycles. The quantitative estimate of drug-likeness (QED) is 0.274. The van der Waals surface area contributed by atoms with Gasteiger partial charge in [0.25, 0.3) is 0 Å². The molecular weight excluding hydrogens is 472 g/mol. The predicted molar refractivity (Wildman–Crippen MR) is 151 cm³/mol. The van der Waals surface area contributed by atoms with Gasteiger partial charge in [-0.3, -0.25) is 9.59 Å². The van der Waals surface area contributed by atoms with E-state index in [4.69, 9.17) is 9.47 Å². The zero-order valence-corrected chi connectivity index (χ0v) is 25.8. The third kappa shape index (κ3) is 4.04. The van der Waals surface area contributed by atoms with Crippen LogP contribution in [0.5, 0.6) is 0 Å². The number of allylic oxidation sites excluding steroid dienone is 2. The minimum absolute atomic E-state index is 0.00568. The first-order valence-electron chi connectivity index (χ1n) is 15.5. The number of esters is 2. The van der Waals surface area contributed by atoms with Crippen molar-refractivity contribution in [2.75, 3.05) is 6.61 Å². The third-order valence-corrected chi connectivity index (χ3v) is 13.3. The summed E-state index contributed by atoms with van der Waals surface area (Å²) in [6, 6.07) is 0. The molecule has 4 saturated carbocycles. The molecule has 0 aromatic rings. The van der Waals surface area contributed by atoms with Gasteiger partial charge in [0.1, 0.15) is 6.10 Å². The first kappa shape index (κ1) is 28.2. The van der Waals surface area contributed by atoms with Gasteiger partial charge in [0.15, 0.2) is 0 Å². The number of hydrogen-bond donors (Lipinski definition) is 0. The molecule has 0 aliphatic heterocycles. The Morgan fingerprint density at radius 2 is 1.42 bits per heavy atom. The zero-order chi connectivity index (χ0) is 27.9. The van der Waals surface area contributed by atoms with Crippen LogP contribution in [0.15, 0.2) is 11.6 Å². The number of carbonyl (C=O) groups is 2. The van der Waals surface area contributed by atoms with Crippen LogP contribution in [0.1, 0.15) is 127 Å². The Bertz CT molecular complexity index is 1020. The largest absolute Gasteiger partial charge is 0.465 e. The number of ether oxygens (including phenoxy) is 2. The maximum Gasteiger partial charge on any atom is 0.302 e. The van der Waals surface area contributed by atoms with Crippen molar-refractivity contribution in [3.63, 3.8) is 0 Å². The molecule has 0 amide bonds. The Kier molecular flexibility index (Phi) is 6.56. The Labute approximate surface area is 232 Å². The Balaban J connectivity index is 1.52. The van der Waals surface area contributed by atoms with Gasteiger partial charge < -0.3 is 9.47 Å². The summed E-state index contributed by atoms with van der Waals surface area (Å²) >= 11 is 0. The van der Waals surface area contributed by atoms with E-state index in [9.17, 15) is 9.59 Å². The maximum absolute atomic E-state index is 11.9. The molecule has 4 fully saturated rings. The summed E-state index contributed by atoms with van der Waals surface area (Å²) in [7, 11) is 0. The van der Waals surface area contributed by atoms with E-state index in [1.807, 2.05) is 0 Å². The molecular formula is C34H54O4. The first-order valence-corrected chi connectivity index (χ1v) is 15.5. The highest BCUT2D eigenvalue weighted by Gasteiger charge is 2.67. The summed E-state index contributed by atoms with van der Waals surface area (Å²) in [6.07, 6.45) is 14.4. The van der Waals surface area contributed by atoms with Gasteiger partial charge in [-0.05, 0) is 104 Å². The zero-order valence-electron chi connectivity index (χ0n) is 25.8. The van der Waals surface area contributed by atoms with Gasteiger partial charge in [-0.1, -0.05) is 60.1 Å². The number of carbonyl (C=O) groups excluding carboxylic acids is 2. The molecule has 5 aliphatic rings. The highest BCUT2D eigenvalue weighted by molar-refractivity contribution is 5.66. The second-order valence-electron chi connectivity index (χ2n) is 16.4. The summed E-state index contributed by atoms with van der Waals surface area (Å²) in [5.41, 5.74) is 2.76. The molecule has 4 nitrogen and oxygen atoms in total. The van der Waals surface area contributed by atoms with Crippen LogP contribution in [0.25, 0.3) is 0 Å². The van der Waals surface area contributed by atoms with Crippen molar-refractivity contribution in [3.05, 3.63) is 11.6 Å². The van der Waals surface area contributed by atoms with Crippen molar-refractivity contribution in [2.45, 2.75) is 133 Å². The van der Waals surface area contributed by atoms with Crippen molar-refractivity contribution < 1.29 is 19.1 Å². The molecule has 38 heavy (non-hydrogen) atoms. The minimum atomic E-state index is -0.142. The van der Waals surface area contributed by atoms with Crippen LogP contribution in [0, 0.1) is 50.2 Å². The smallest absolute Gasteiger partial charge is 0.302 e. The second-order valence-corrected chi connectivity index (χ2v) is 16.4. The lowest BCUT2D eigenvalue weighted by molar-refractivity contribution is -0.200. The fourth-order valence-corrected chi connectivity index (χ4v) is 11.5. The molecule has 0 bridgehead atoms. The lowest BCUT2D eigenvalue weighted by atomic mass is 9.34. The Hall–Kier alpha value is -1.32. The van der Waals surface area contributed by atoms with Gasteiger partial charge in [-0.2, -0.15) is 0 Å². The van der Waals surface area contributed by atoms with Gasteiger partial charge in [0.2, 0.25) is 0 Å². The lowest BCUT2D eigenvalue weighted by Gasteiger charge is -2.70. The molecule has 0 heterocycles. The molecule has 0 saturated heterocycles. The Morgan fingerprint density at radius 1 is 0.789 bits per heavy atom. The molecule has 4 heteroatoms. The summed E-state index contributed by atoms with van der Waals surface area (Å²) < 4.78 is 11.7. The molecule has 8 atom stereocenters. The van der Waals surface area contributed by atoms with Gasteiger partial charge in [-0.25, -0.2) is 0 Å². The molecule has 0 aromatic heterocycles. The highest BCUT2D eigenvalue weighted by atomic mass is 16.5. The van der Waals surface area contributed by atoms with E-state index in [-0.39, 0.29) is 45.1 Å². The van der Waals surface area contributed by atoms with Crippen LogP contribution >= 0.6 is 0 Å². The average Bonchev–Trinajstić information content (AvgIpc) is 2.79. The molecule has 0 radical (unpaired) electrons. The molecule has 5 rings (SSSR count). The normalized spacial score (nSPS) is 46.8. The summed E-state index contributed by atoms with van der Waals surface area (Å²) in [5, 5.41) is 0. The molecule has 0 N–H and O–H groups in total. The first-order chi connectivity index (χ1) is 17.5. The standard InChI is InChI=1S/C34H54O4/c1-22(35)37-21-34-17-12-26-32(8)14-10-24-30(5,6)28(38-23(2)36)13-16-31(24,7)25(32)11-15-33(26,9)27(34)20-29(3,4)18-19-34/h12,24-25,27-28H,10-11,13-21H2,1-9H3/t24-,25-,27-,28-,31-,32+,33+,34-/m0/s1. The number of hydrogen-bond acceptors (Lipinski definition) is 4. The third-order valence-electron chi connectivity index (χ3n) is 13.3. The number of fused-ring (bicyclic) bond motifs is 7. The predicted octanol–water partition coefficient (Wildman–Crippen LogP) is 8.28. The molecule has 5 aliphatic carbocycles. The summed E-state index contributed by atoms with van der Waals surface area (Å²) in [6.45, 7) is 21.1. The van der Waals surface area contributed by atoms with Crippen molar-refractivity contribution in [1.82, 2.24) is 0 Å². The fourth-order valence-electron chi connectivity index (χ4n) is 11.5. The van der Waals surface area contributed by atoms with Gasteiger partial charge in [0.05, 0.1) is 6.61 Å². The van der Waals surface area contributed by atoms with Crippen LogP contribution in [0.3, 0.4) is 0 Å². The van der Waals surface area contributed by atoms with Crippen LogP contribution in [0.4, 0.5) is 0 Å². The van der Waals surface area contributed by atoms with Gasteiger partial charge in [-0.15, -0.1) is 0 Å². The Morgan fingerprint density at radius 3 is 2.05 bits per heavy atom. The van der Waals surface area contributed by atoms with Crippen molar-refractivity contribution in [2.24, 2.45) is 50.2 Å². The molecule has 0 spiro atoms.